The van der Waals surface area contributed by atoms with E-state index in [9.17, 15) is 9.90 Å². The summed E-state index contributed by atoms with van der Waals surface area (Å²) in [5.41, 5.74) is 4.96. The molecule has 2 atom stereocenters. The van der Waals surface area contributed by atoms with Crippen LogP contribution < -0.4 is 10.1 Å². The van der Waals surface area contributed by atoms with E-state index in [1.165, 1.54) is 22.9 Å². The number of hydrogen-bond donors (Lipinski definition) is 3. The summed E-state index contributed by atoms with van der Waals surface area (Å²) in [7, 11) is 1.74. The number of H-pyrrole nitrogens is 1. The molecule has 0 spiro atoms. The largest absolute Gasteiger partial charge is 0.496 e. The van der Waals surface area contributed by atoms with Crippen molar-refractivity contribution in [1.29, 1.82) is 0 Å². The molecule has 1 aliphatic heterocycles. The Balaban J connectivity index is 1.72. The Hall–Kier alpha value is -2.83. The lowest BCUT2D eigenvalue weighted by Crippen LogP contribution is -2.36. The maximum Gasteiger partial charge on any atom is 0.335 e. The molecule has 6 heteroatoms. The van der Waals surface area contributed by atoms with E-state index >= 15 is 0 Å². The lowest BCUT2D eigenvalue weighted by molar-refractivity contribution is 0.0697. The van der Waals surface area contributed by atoms with Crippen LogP contribution in [0.3, 0.4) is 0 Å². The van der Waals surface area contributed by atoms with E-state index in [1.807, 2.05) is 18.3 Å². The molecule has 1 saturated heterocycles. The number of aryl methyl sites for hydroxylation is 1. The second-order valence-electron chi connectivity index (χ2n) is 8.96. The van der Waals surface area contributed by atoms with Crippen molar-refractivity contribution in [2.24, 2.45) is 5.92 Å². The van der Waals surface area contributed by atoms with Gasteiger partial charge in [-0.2, -0.15) is 0 Å². The van der Waals surface area contributed by atoms with E-state index in [-0.39, 0.29) is 6.04 Å². The van der Waals surface area contributed by atoms with Gasteiger partial charge in [0.2, 0.25) is 0 Å². The zero-order valence-corrected chi connectivity index (χ0v) is 19.1. The lowest BCUT2D eigenvalue weighted by atomic mass is 10.00. The molecule has 6 nitrogen and oxygen atoms in total. The molecule has 0 radical (unpaired) electrons. The van der Waals surface area contributed by atoms with Gasteiger partial charge in [-0.25, -0.2) is 4.79 Å². The number of ether oxygens (including phenoxy) is 1. The Labute approximate surface area is 189 Å². The third kappa shape index (κ3) is 4.66. The summed E-state index contributed by atoms with van der Waals surface area (Å²) >= 11 is 0. The normalized spacial score (nSPS) is 20.5. The molecule has 170 valence electrons. The minimum atomic E-state index is -0.894. The highest BCUT2D eigenvalue weighted by molar-refractivity contribution is 5.88. The third-order valence-electron chi connectivity index (χ3n) is 6.65. The molecule has 3 N–H and O–H groups in total. The second kappa shape index (κ2) is 9.76. The van der Waals surface area contributed by atoms with Gasteiger partial charge in [0, 0.05) is 41.8 Å². The summed E-state index contributed by atoms with van der Waals surface area (Å²) in [5, 5.41) is 14.2. The fraction of sp³-hybridized carbons (Fsp3) is 0.423. The van der Waals surface area contributed by atoms with Crippen molar-refractivity contribution >= 4 is 16.9 Å². The number of nitrogens with one attached hydrogen (secondary N) is 2. The highest BCUT2D eigenvalue weighted by Crippen LogP contribution is 2.34. The van der Waals surface area contributed by atoms with E-state index in [0.717, 1.165) is 49.4 Å². The lowest BCUT2D eigenvalue weighted by Gasteiger charge is -2.33. The van der Waals surface area contributed by atoms with Crippen LogP contribution >= 0.6 is 0 Å². The van der Waals surface area contributed by atoms with Crippen LogP contribution in [-0.4, -0.2) is 47.7 Å². The third-order valence-corrected chi connectivity index (χ3v) is 6.65. The number of methoxy groups -OCH3 is 1. The van der Waals surface area contributed by atoms with Crippen molar-refractivity contribution in [2.45, 2.75) is 39.3 Å². The van der Waals surface area contributed by atoms with E-state index in [1.54, 1.807) is 19.2 Å². The standard InChI is InChI=1S/C26H33N3O3/c1-17-5-4-12-29(16-22-21-10-11-28-25(21)18(2)13-24(22)32-3)23(15-27-14-17)19-6-8-20(9-7-19)26(30)31/h6-11,13,17,23,27-28H,4-5,12,14-16H2,1-3H3,(H,30,31)/t17-,23?/m1/s1. The van der Waals surface area contributed by atoms with Crippen LogP contribution in [-0.2, 0) is 6.54 Å². The van der Waals surface area contributed by atoms with Crippen LogP contribution in [0.2, 0.25) is 0 Å². The van der Waals surface area contributed by atoms with Crippen LogP contribution in [0.4, 0.5) is 0 Å². The Morgan fingerprint density at radius 2 is 2.00 bits per heavy atom. The first-order chi connectivity index (χ1) is 15.5. The second-order valence-corrected chi connectivity index (χ2v) is 8.96. The molecule has 2 heterocycles. The smallest absolute Gasteiger partial charge is 0.335 e. The molecule has 2 aromatic carbocycles. The summed E-state index contributed by atoms with van der Waals surface area (Å²) < 4.78 is 5.80. The number of carboxylic acids is 1. The Morgan fingerprint density at radius 3 is 2.72 bits per heavy atom. The Kier molecular flexibility index (Phi) is 6.82. The van der Waals surface area contributed by atoms with Gasteiger partial charge in [0.25, 0.3) is 0 Å². The molecule has 1 aliphatic rings. The molecule has 0 bridgehead atoms. The van der Waals surface area contributed by atoms with Crippen molar-refractivity contribution in [1.82, 2.24) is 15.2 Å². The van der Waals surface area contributed by atoms with E-state index in [0.29, 0.717) is 11.5 Å². The predicted octanol–water partition coefficient (Wildman–Crippen LogP) is 4.75. The van der Waals surface area contributed by atoms with Crippen molar-refractivity contribution < 1.29 is 14.6 Å². The minimum absolute atomic E-state index is 0.142. The van der Waals surface area contributed by atoms with Crippen molar-refractivity contribution in [2.75, 3.05) is 26.7 Å². The first-order valence-electron chi connectivity index (χ1n) is 11.4. The first kappa shape index (κ1) is 22.4. The fourth-order valence-corrected chi connectivity index (χ4v) is 4.85. The van der Waals surface area contributed by atoms with Crippen molar-refractivity contribution in [3.63, 3.8) is 0 Å². The minimum Gasteiger partial charge on any atom is -0.496 e. The zero-order valence-electron chi connectivity index (χ0n) is 19.1. The number of rotatable bonds is 5. The van der Waals surface area contributed by atoms with Crippen molar-refractivity contribution in [3.8, 4) is 5.75 Å². The summed E-state index contributed by atoms with van der Waals surface area (Å²) in [6.07, 6.45) is 4.29. The van der Waals surface area contributed by atoms with Gasteiger partial charge in [-0.05, 0) is 74.2 Å². The number of hydrogen-bond acceptors (Lipinski definition) is 4. The van der Waals surface area contributed by atoms with E-state index in [2.05, 4.69) is 41.2 Å². The quantitative estimate of drug-likeness (QED) is 0.539. The molecule has 32 heavy (non-hydrogen) atoms. The topological polar surface area (TPSA) is 77.6 Å². The van der Waals surface area contributed by atoms with Gasteiger partial charge in [-0.3, -0.25) is 4.90 Å². The zero-order chi connectivity index (χ0) is 22.7. The number of aromatic amines is 1. The molecular weight excluding hydrogens is 402 g/mol. The van der Waals surface area contributed by atoms with Gasteiger partial charge in [0.15, 0.2) is 0 Å². The molecule has 1 unspecified atom stereocenters. The summed E-state index contributed by atoms with van der Waals surface area (Å²) in [6.45, 7) is 7.95. The maximum atomic E-state index is 11.3. The van der Waals surface area contributed by atoms with Gasteiger partial charge >= 0.3 is 5.97 Å². The highest BCUT2D eigenvalue weighted by Gasteiger charge is 2.25. The molecular formula is C26H33N3O3. The number of carboxylic acid groups (broad SMARTS) is 1. The Bertz CT molecular complexity index is 1070. The monoisotopic (exact) mass is 435 g/mol. The molecule has 0 aliphatic carbocycles. The summed E-state index contributed by atoms with van der Waals surface area (Å²) in [4.78, 5) is 17.2. The molecule has 0 amide bonds. The fourth-order valence-electron chi connectivity index (χ4n) is 4.85. The Morgan fingerprint density at radius 1 is 1.22 bits per heavy atom. The van der Waals surface area contributed by atoms with Gasteiger partial charge < -0.3 is 20.1 Å². The SMILES string of the molecule is COc1cc(C)c2[nH]ccc2c1CN1CCC[C@@H](C)CNCC1c1ccc(C(=O)O)cc1. The van der Waals surface area contributed by atoms with Gasteiger partial charge in [-0.15, -0.1) is 0 Å². The average Bonchev–Trinajstić information content (AvgIpc) is 3.30. The van der Waals surface area contributed by atoms with Crippen molar-refractivity contribution in [3.05, 3.63) is 64.8 Å². The van der Waals surface area contributed by atoms with Gasteiger partial charge in [-0.1, -0.05) is 19.1 Å². The number of benzene rings is 2. The molecule has 4 rings (SSSR count). The van der Waals surface area contributed by atoms with Crippen LogP contribution in [0, 0.1) is 12.8 Å². The van der Waals surface area contributed by atoms with Gasteiger partial charge in [0.05, 0.1) is 12.7 Å². The maximum absolute atomic E-state index is 11.3. The van der Waals surface area contributed by atoms with Crippen LogP contribution in [0.25, 0.3) is 10.9 Å². The predicted molar refractivity (Wildman–Crippen MR) is 127 cm³/mol. The van der Waals surface area contributed by atoms with Crippen LogP contribution in [0.1, 0.15) is 52.9 Å². The van der Waals surface area contributed by atoms with Crippen LogP contribution in [0.15, 0.2) is 42.6 Å². The van der Waals surface area contributed by atoms with Crippen LogP contribution in [0.5, 0.6) is 5.75 Å². The molecule has 3 aromatic rings. The number of fused-ring (bicyclic) bond motifs is 1. The number of carbonyl (C=O) groups is 1. The van der Waals surface area contributed by atoms with E-state index < -0.39 is 5.97 Å². The number of nitrogens with zero attached hydrogens (tertiary/aromatic N) is 1. The molecule has 1 aromatic heterocycles. The first-order valence-corrected chi connectivity index (χ1v) is 11.4. The molecule has 0 saturated carbocycles. The highest BCUT2D eigenvalue weighted by atomic mass is 16.5. The summed E-state index contributed by atoms with van der Waals surface area (Å²) in [5.74, 6) is 0.653. The number of aromatic carboxylic acids is 1. The number of aromatic nitrogens is 1. The average molecular weight is 436 g/mol. The molecule has 1 fully saturated rings. The summed E-state index contributed by atoms with van der Waals surface area (Å²) in [6, 6.07) is 11.7. The van der Waals surface area contributed by atoms with E-state index in [4.69, 9.17) is 4.74 Å². The van der Waals surface area contributed by atoms with Gasteiger partial charge in [0.1, 0.15) is 5.75 Å².